The Bertz CT molecular complexity index is 1030. The smallest absolute Gasteiger partial charge is 0.254 e. The van der Waals surface area contributed by atoms with Gasteiger partial charge in [-0.05, 0) is 48.9 Å². The Balaban J connectivity index is 1.95. The van der Waals surface area contributed by atoms with E-state index in [0.717, 1.165) is 0 Å². The number of halogens is 2. The first-order valence-corrected chi connectivity index (χ1v) is 8.38. The first-order valence-electron chi connectivity index (χ1n) is 8.38. The standard InChI is InChI=1S/C20H17F2N3O2/c1-2-16-11-19(27)25(20(24-16)13-6-8-14(21)9-7-13)12-18(26)23-17-5-3-4-15(22)10-17/h3-11H,2,12H2,1H3,(H,23,26). The van der Waals surface area contributed by atoms with Crippen LogP contribution in [0.5, 0.6) is 0 Å². The van der Waals surface area contributed by atoms with Crippen molar-refractivity contribution in [3.63, 3.8) is 0 Å². The Morgan fingerprint density at radius 1 is 1.07 bits per heavy atom. The summed E-state index contributed by atoms with van der Waals surface area (Å²) in [6.45, 7) is 1.55. The van der Waals surface area contributed by atoms with Crippen LogP contribution in [0.2, 0.25) is 0 Å². The summed E-state index contributed by atoms with van der Waals surface area (Å²) in [5.41, 5.74) is 0.980. The van der Waals surface area contributed by atoms with Crippen LogP contribution >= 0.6 is 0 Å². The third-order valence-electron chi connectivity index (χ3n) is 3.94. The number of nitrogens with one attached hydrogen (secondary N) is 1. The van der Waals surface area contributed by atoms with Crippen molar-refractivity contribution in [2.75, 3.05) is 5.32 Å². The number of carbonyl (C=O) groups is 1. The molecule has 0 atom stereocenters. The topological polar surface area (TPSA) is 64.0 Å². The van der Waals surface area contributed by atoms with Gasteiger partial charge in [-0.1, -0.05) is 13.0 Å². The van der Waals surface area contributed by atoms with Crippen molar-refractivity contribution in [1.82, 2.24) is 9.55 Å². The average molecular weight is 369 g/mol. The highest BCUT2D eigenvalue weighted by molar-refractivity contribution is 5.90. The quantitative estimate of drug-likeness (QED) is 0.750. The molecule has 0 unspecified atom stereocenters. The van der Waals surface area contributed by atoms with Crippen LogP contribution in [0.3, 0.4) is 0 Å². The summed E-state index contributed by atoms with van der Waals surface area (Å²) in [6, 6.07) is 12.3. The molecule has 3 rings (SSSR count). The number of rotatable bonds is 5. The van der Waals surface area contributed by atoms with E-state index in [1.165, 1.54) is 53.1 Å². The maximum Gasteiger partial charge on any atom is 0.254 e. The first kappa shape index (κ1) is 18.4. The Kier molecular flexibility index (Phi) is 5.40. The van der Waals surface area contributed by atoms with Gasteiger partial charge in [0.25, 0.3) is 5.56 Å². The molecule has 0 aliphatic rings. The van der Waals surface area contributed by atoms with E-state index in [4.69, 9.17) is 0 Å². The second-order valence-corrected chi connectivity index (χ2v) is 5.91. The minimum atomic E-state index is -0.503. The Morgan fingerprint density at radius 3 is 2.48 bits per heavy atom. The molecule has 7 heteroatoms. The van der Waals surface area contributed by atoms with Crippen LogP contribution in [0.4, 0.5) is 14.5 Å². The van der Waals surface area contributed by atoms with Gasteiger partial charge in [0.1, 0.15) is 24.0 Å². The second kappa shape index (κ2) is 7.90. The number of benzene rings is 2. The number of aryl methyl sites for hydroxylation is 1. The molecule has 3 aromatic rings. The van der Waals surface area contributed by atoms with Gasteiger partial charge in [-0.2, -0.15) is 0 Å². The lowest BCUT2D eigenvalue weighted by Crippen LogP contribution is -2.30. The number of hydrogen-bond acceptors (Lipinski definition) is 3. The number of nitrogens with zero attached hydrogens (tertiary/aromatic N) is 2. The number of carbonyl (C=O) groups excluding carboxylic acids is 1. The van der Waals surface area contributed by atoms with Crippen molar-refractivity contribution in [3.8, 4) is 11.4 Å². The molecule has 1 aromatic heterocycles. The summed E-state index contributed by atoms with van der Waals surface area (Å²) in [7, 11) is 0. The monoisotopic (exact) mass is 369 g/mol. The molecule has 0 saturated heterocycles. The van der Waals surface area contributed by atoms with Crippen LogP contribution < -0.4 is 10.9 Å². The molecule has 0 spiro atoms. The zero-order chi connectivity index (χ0) is 19.4. The molecule has 1 N–H and O–H groups in total. The van der Waals surface area contributed by atoms with E-state index in [1.54, 1.807) is 6.07 Å². The molecule has 1 amide bonds. The van der Waals surface area contributed by atoms with Crippen molar-refractivity contribution in [1.29, 1.82) is 0 Å². The minimum absolute atomic E-state index is 0.272. The normalized spacial score (nSPS) is 10.6. The van der Waals surface area contributed by atoms with E-state index < -0.39 is 23.1 Å². The zero-order valence-corrected chi connectivity index (χ0v) is 14.6. The first-order chi connectivity index (χ1) is 13.0. The van der Waals surface area contributed by atoms with E-state index in [9.17, 15) is 18.4 Å². The van der Waals surface area contributed by atoms with Gasteiger partial charge in [0.2, 0.25) is 5.91 Å². The fourth-order valence-electron chi connectivity index (χ4n) is 2.62. The lowest BCUT2D eigenvalue weighted by atomic mass is 10.2. The number of amides is 1. The van der Waals surface area contributed by atoms with Crippen LogP contribution in [0.15, 0.2) is 59.4 Å². The number of aromatic nitrogens is 2. The maximum atomic E-state index is 13.3. The third kappa shape index (κ3) is 4.44. The molecule has 5 nitrogen and oxygen atoms in total. The van der Waals surface area contributed by atoms with Gasteiger partial charge < -0.3 is 5.32 Å². The van der Waals surface area contributed by atoms with E-state index >= 15 is 0 Å². The molecular formula is C20H17F2N3O2. The molecular weight excluding hydrogens is 352 g/mol. The highest BCUT2D eigenvalue weighted by atomic mass is 19.1. The van der Waals surface area contributed by atoms with Crippen molar-refractivity contribution in [2.24, 2.45) is 0 Å². The molecule has 0 saturated carbocycles. The summed E-state index contributed by atoms with van der Waals surface area (Å²) >= 11 is 0. The Labute approximate surface area is 154 Å². The molecule has 0 aliphatic carbocycles. The predicted molar refractivity (Wildman–Crippen MR) is 98.3 cm³/mol. The highest BCUT2D eigenvalue weighted by Crippen LogP contribution is 2.17. The summed E-state index contributed by atoms with van der Waals surface area (Å²) in [4.78, 5) is 29.3. The predicted octanol–water partition coefficient (Wildman–Crippen LogP) is 3.39. The van der Waals surface area contributed by atoms with Gasteiger partial charge in [0.15, 0.2) is 0 Å². The van der Waals surface area contributed by atoms with Crippen LogP contribution in [0.1, 0.15) is 12.6 Å². The van der Waals surface area contributed by atoms with Crippen LogP contribution in [0.25, 0.3) is 11.4 Å². The summed E-state index contributed by atoms with van der Waals surface area (Å²) in [5.74, 6) is -1.13. The summed E-state index contributed by atoms with van der Waals surface area (Å²) < 4.78 is 27.7. The molecule has 27 heavy (non-hydrogen) atoms. The third-order valence-corrected chi connectivity index (χ3v) is 3.94. The number of anilines is 1. The summed E-state index contributed by atoms with van der Waals surface area (Å²) in [6.07, 6.45) is 0.541. The zero-order valence-electron chi connectivity index (χ0n) is 14.6. The second-order valence-electron chi connectivity index (χ2n) is 5.91. The molecule has 1 heterocycles. The van der Waals surface area contributed by atoms with E-state index in [0.29, 0.717) is 17.7 Å². The fraction of sp³-hybridized carbons (Fsp3) is 0.150. The SMILES string of the molecule is CCc1cc(=O)n(CC(=O)Nc2cccc(F)c2)c(-c2ccc(F)cc2)n1. The Hall–Kier alpha value is -3.35. The Morgan fingerprint density at radius 2 is 1.81 bits per heavy atom. The lowest BCUT2D eigenvalue weighted by Gasteiger charge is -2.13. The van der Waals surface area contributed by atoms with Gasteiger partial charge in [-0.25, -0.2) is 13.8 Å². The molecule has 0 bridgehead atoms. The van der Waals surface area contributed by atoms with Crippen molar-refractivity contribution >= 4 is 11.6 Å². The maximum absolute atomic E-state index is 13.3. The minimum Gasteiger partial charge on any atom is -0.324 e. The van der Waals surface area contributed by atoms with Crippen molar-refractivity contribution < 1.29 is 13.6 Å². The van der Waals surface area contributed by atoms with E-state index in [-0.39, 0.29) is 18.1 Å². The molecule has 0 radical (unpaired) electrons. The van der Waals surface area contributed by atoms with Crippen molar-refractivity contribution in [3.05, 3.63) is 82.3 Å². The molecule has 138 valence electrons. The van der Waals surface area contributed by atoms with Gasteiger partial charge in [-0.3, -0.25) is 14.2 Å². The van der Waals surface area contributed by atoms with Gasteiger partial charge in [0, 0.05) is 23.0 Å². The molecule has 0 aliphatic heterocycles. The summed E-state index contributed by atoms with van der Waals surface area (Å²) in [5, 5.41) is 2.55. The number of hydrogen-bond donors (Lipinski definition) is 1. The highest BCUT2D eigenvalue weighted by Gasteiger charge is 2.14. The van der Waals surface area contributed by atoms with Crippen LogP contribution in [-0.4, -0.2) is 15.5 Å². The average Bonchev–Trinajstić information content (AvgIpc) is 2.64. The molecule has 0 fully saturated rings. The van der Waals surface area contributed by atoms with Gasteiger partial charge >= 0.3 is 0 Å². The van der Waals surface area contributed by atoms with E-state index in [2.05, 4.69) is 10.3 Å². The van der Waals surface area contributed by atoms with E-state index in [1.807, 2.05) is 6.92 Å². The lowest BCUT2D eigenvalue weighted by molar-refractivity contribution is -0.116. The van der Waals surface area contributed by atoms with Crippen LogP contribution in [0, 0.1) is 11.6 Å². The van der Waals surface area contributed by atoms with Gasteiger partial charge in [0.05, 0.1) is 0 Å². The van der Waals surface area contributed by atoms with Crippen LogP contribution in [-0.2, 0) is 17.8 Å². The largest absolute Gasteiger partial charge is 0.324 e. The molecule has 2 aromatic carbocycles. The van der Waals surface area contributed by atoms with Gasteiger partial charge in [-0.15, -0.1) is 0 Å². The van der Waals surface area contributed by atoms with Crippen molar-refractivity contribution in [2.45, 2.75) is 19.9 Å². The fourth-order valence-corrected chi connectivity index (χ4v) is 2.62.